The molecule has 9 N–H and O–H groups in total. The number of amides is 11. The number of nitrogens with one attached hydrogen (secondary N) is 7. The molecule has 0 saturated carbocycles. The van der Waals surface area contributed by atoms with Crippen LogP contribution < -0.4 is 43.0 Å². The van der Waals surface area contributed by atoms with E-state index >= 15 is 0 Å². The van der Waals surface area contributed by atoms with Crippen molar-refractivity contribution < 1.29 is 62.2 Å². The number of ether oxygens (including phenoxy) is 3. The number of rotatable bonds is 38. The van der Waals surface area contributed by atoms with E-state index in [4.69, 9.17) is 32.2 Å². The number of urea groups is 1. The maximum atomic E-state index is 14.7. The van der Waals surface area contributed by atoms with Gasteiger partial charge in [0.05, 0.1) is 41.7 Å². The van der Waals surface area contributed by atoms with Crippen LogP contribution in [-0.4, -0.2) is 173 Å². The molecule has 1 saturated heterocycles. The fraction of sp³-hybridized carbons (Fsp3) is 0.588. The summed E-state index contributed by atoms with van der Waals surface area (Å²) >= 11 is 7.64. The van der Waals surface area contributed by atoms with Crippen LogP contribution in [0.1, 0.15) is 149 Å². The van der Waals surface area contributed by atoms with Gasteiger partial charge in [-0.05, 0) is 99.8 Å². The number of nitrogens with zero attached hydrogens (tertiary/aromatic N) is 4. The number of primary amides is 1. The first-order valence-electron chi connectivity index (χ1n) is 32.8. The number of aromatic nitrogens is 1. The van der Waals surface area contributed by atoms with Crippen LogP contribution in [0.5, 0.6) is 0 Å². The van der Waals surface area contributed by atoms with Gasteiger partial charge in [0.15, 0.2) is 0 Å². The van der Waals surface area contributed by atoms with Crippen molar-refractivity contribution in [1.29, 1.82) is 0 Å². The number of likely N-dealkylation sites (N-methyl/N-ethyl adjacent to an activating group) is 1. The molecule has 95 heavy (non-hydrogen) atoms. The number of methoxy groups -OCH3 is 2. The number of hydrogen-bond donors (Lipinski definition) is 8. The van der Waals surface area contributed by atoms with Gasteiger partial charge in [0.1, 0.15) is 35.3 Å². The second-order valence-corrected chi connectivity index (χ2v) is 27.0. The van der Waals surface area contributed by atoms with Crippen LogP contribution in [0.2, 0.25) is 0 Å². The highest BCUT2D eigenvalue weighted by Gasteiger charge is 2.44. The number of thiocarbonyl (C=S) groups is 1. The summed E-state index contributed by atoms with van der Waals surface area (Å²) in [6.07, 6.45) is 6.86. The zero-order valence-corrected chi connectivity index (χ0v) is 58.7. The summed E-state index contributed by atoms with van der Waals surface area (Å²) in [4.78, 5) is 142. The number of unbranched alkanes of at least 4 members (excludes halogenated alkanes) is 2. The molecule has 27 heteroatoms. The molecule has 0 unspecified atom stereocenters. The van der Waals surface area contributed by atoms with E-state index < -0.39 is 83.6 Å². The topological polar surface area (TPSA) is 331 Å². The van der Waals surface area contributed by atoms with E-state index in [0.29, 0.717) is 61.3 Å². The molecule has 0 spiro atoms. The third-order valence-corrected chi connectivity index (χ3v) is 18.8. The van der Waals surface area contributed by atoms with Crippen LogP contribution in [0.15, 0.2) is 78.3 Å². The molecule has 3 heterocycles. The molecule has 3 aromatic rings. The Kier molecular flexibility index (Phi) is 31.1. The lowest BCUT2D eigenvalue weighted by atomic mass is 9.89. The van der Waals surface area contributed by atoms with Crippen LogP contribution >= 0.6 is 23.6 Å². The first-order valence-corrected chi connectivity index (χ1v) is 34.1. The second-order valence-electron chi connectivity index (χ2n) is 25.7. The monoisotopic (exact) mass is 1360 g/mol. The molecule has 11 amide bonds. The number of imide groups is 1. The predicted octanol–water partition coefficient (Wildman–Crippen LogP) is 6.61. The molecule has 10 atom stereocenters. The van der Waals surface area contributed by atoms with Gasteiger partial charge in [-0.15, -0.1) is 11.3 Å². The Morgan fingerprint density at radius 1 is 0.821 bits per heavy atom. The van der Waals surface area contributed by atoms with Crippen LogP contribution in [0, 0.1) is 23.7 Å². The van der Waals surface area contributed by atoms with Gasteiger partial charge in [0.25, 0.3) is 11.8 Å². The second kappa shape index (κ2) is 38.0. The highest BCUT2D eigenvalue weighted by molar-refractivity contribution is 7.80. The quantitative estimate of drug-likeness (QED) is 0.0170. The first kappa shape index (κ1) is 77.8. The van der Waals surface area contributed by atoms with Crippen molar-refractivity contribution in [2.24, 2.45) is 29.4 Å². The number of carbonyl (C=O) groups excluding carboxylic acids is 10. The molecule has 1 aromatic heterocycles. The predicted molar refractivity (Wildman–Crippen MR) is 366 cm³/mol. The summed E-state index contributed by atoms with van der Waals surface area (Å²) in [6, 6.07) is 11.6. The van der Waals surface area contributed by atoms with E-state index in [2.05, 4.69) is 54.3 Å². The third kappa shape index (κ3) is 23.5. The lowest BCUT2D eigenvalue weighted by Crippen LogP contribution is -2.62. The summed E-state index contributed by atoms with van der Waals surface area (Å²) in [7, 11) is 4.83. The van der Waals surface area contributed by atoms with Crippen LogP contribution in [0.4, 0.5) is 15.3 Å². The zero-order chi connectivity index (χ0) is 70.1. The van der Waals surface area contributed by atoms with Crippen molar-refractivity contribution in [3.63, 3.8) is 0 Å². The number of alkyl carbamates (subject to hydrolysis) is 1. The minimum absolute atomic E-state index is 0.0268. The Balaban J connectivity index is 1.15. The number of likely N-dealkylation sites (tertiary alicyclic amines) is 1. The summed E-state index contributed by atoms with van der Waals surface area (Å²) in [5.74, 6) is -4.71. The number of nitrogens with two attached hydrogens (primary N) is 1. The van der Waals surface area contributed by atoms with E-state index in [9.17, 15) is 47.9 Å². The number of hydrogen-bond acceptors (Lipinski definition) is 16. The summed E-state index contributed by atoms with van der Waals surface area (Å²) < 4.78 is 17.9. The minimum atomic E-state index is -1.58. The Morgan fingerprint density at radius 2 is 1.49 bits per heavy atom. The Labute approximate surface area is 568 Å². The molecule has 0 bridgehead atoms. The van der Waals surface area contributed by atoms with E-state index in [1.807, 2.05) is 49.3 Å². The van der Waals surface area contributed by atoms with Crippen LogP contribution in [0.3, 0.4) is 0 Å². The lowest BCUT2D eigenvalue weighted by molar-refractivity contribution is -0.147. The average molecular weight is 1360 g/mol. The van der Waals surface area contributed by atoms with Crippen molar-refractivity contribution in [3.8, 4) is 0 Å². The van der Waals surface area contributed by atoms with Crippen molar-refractivity contribution in [1.82, 2.24) is 51.6 Å². The molecular weight excluding hydrogens is 1260 g/mol. The molecule has 2 aliphatic rings. The summed E-state index contributed by atoms with van der Waals surface area (Å²) in [5, 5.41) is 22.7. The Bertz CT molecular complexity index is 3080. The molecule has 2 aliphatic heterocycles. The molecule has 25 nitrogen and oxygen atoms in total. The number of anilines is 1. The fourth-order valence-corrected chi connectivity index (χ4v) is 12.7. The van der Waals surface area contributed by atoms with Gasteiger partial charge in [-0.25, -0.2) is 14.6 Å². The molecule has 2 aromatic carbocycles. The van der Waals surface area contributed by atoms with Gasteiger partial charge in [0.2, 0.25) is 35.4 Å². The molecule has 5 rings (SSSR count). The van der Waals surface area contributed by atoms with E-state index in [0.717, 1.165) is 21.9 Å². The van der Waals surface area contributed by atoms with Crippen molar-refractivity contribution >= 4 is 93.6 Å². The average Bonchev–Trinajstić information content (AvgIpc) is 1.79. The fourth-order valence-electron chi connectivity index (χ4n) is 11.7. The van der Waals surface area contributed by atoms with Crippen LogP contribution in [0.25, 0.3) is 0 Å². The maximum absolute atomic E-state index is 14.7. The SMILES string of the molecule is CC[C@H](C)[C@@H]([C@@H](CC(=O)N1CCC[C@H]1[C@H](OC)[C@@H](C)C(=S)N[C@@H](Cc1ccccc1)c1nccs1)OC)N(C)C(=O)[C@@H](NC(=O)C(C)(C)NC(=O)OCc1ccc(NC(=O)[C@H](CCCNC(N)=O)NC(=O)[C@@H](NC(=O)CCCCCN2C(=O)C=CC2=O)C(C)C)cc1)C(C)C. The highest BCUT2D eigenvalue weighted by Crippen LogP contribution is 2.31. The molecule has 0 aliphatic carbocycles. The van der Waals surface area contributed by atoms with E-state index in [1.54, 1.807) is 88.6 Å². The molecule has 1 fully saturated rings. The third-order valence-electron chi connectivity index (χ3n) is 17.5. The Morgan fingerprint density at radius 3 is 2.09 bits per heavy atom. The molecule has 0 radical (unpaired) electrons. The highest BCUT2D eigenvalue weighted by atomic mass is 32.1. The van der Waals surface area contributed by atoms with Gasteiger partial charge in [-0.2, -0.15) is 0 Å². The Hall–Kier alpha value is -7.88. The summed E-state index contributed by atoms with van der Waals surface area (Å²) in [5.41, 5.74) is 5.66. The summed E-state index contributed by atoms with van der Waals surface area (Å²) in [6.45, 7) is 16.7. The van der Waals surface area contributed by atoms with Gasteiger partial charge in [-0.1, -0.05) is 116 Å². The first-order chi connectivity index (χ1) is 45.1. The zero-order valence-electron chi connectivity index (χ0n) is 57.0. The minimum Gasteiger partial charge on any atom is -0.445 e. The maximum Gasteiger partial charge on any atom is 0.408 e. The number of benzene rings is 2. The van der Waals surface area contributed by atoms with Gasteiger partial charge in [-0.3, -0.25) is 43.3 Å². The van der Waals surface area contributed by atoms with Gasteiger partial charge in [0, 0.05) is 82.7 Å². The normalized spacial score (nSPS) is 16.8. The van der Waals surface area contributed by atoms with Crippen molar-refractivity contribution in [3.05, 3.63) is 94.5 Å². The smallest absolute Gasteiger partial charge is 0.408 e. The molecular formula is C68H100N12O13S2. The lowest BCUT2D eigenvalue weighted by Gasteiger charge is -2.41. The van der Waals surface area contributed by atoms with Crippen molar-refractivity contribution in [2.75, 3.05) is 46.2 Å². The number of carbonyl (C=O) groups is 10. The largest absolute Gasteiger partial charge is 0.445 e. The van der Waals surface area contributed by atoms with E-state index in [1.165, 1.54) is 33.1 Å². The van der Waals surface area contributed by atoms with Gasteiger partial charge < -0.3 is 67.0 Å². The number of thiazole rings is 1. The van der Waals surface area contributed by atoms with Crippen molar-refractivity contribution in [2.45, 2.75) is 194 Å². The van der Waals surface area contributed by atoms with Gasteiger partial charge >= 0.3 is 12.1 Å². The standard InChI is InChI=1S/C68H100N12O13S2/c1-13-43(6)58(51(91-11)39-55(84)79-36-21-25-50(79)59(92-12)44(7)62(94)74-49(63-70-34-37-95-63)38-45-22-16-14-17-23-45)78(10)64(87)57(42(4)5)76-65(88)68(8,9)77-67(90)93-40-46-27-29-47(30-28-46)72-60(85)48(24-20-33-71-66(69)89)73-61(86)56(41(2)3)75-52(81)26-18-15-19-35-80-53(82)31-32-54(80)83/h14,16-17,22-23,27-32,34,37,41-44,48-51,56-59H,13,15,18-21,24-26,33,35-36,38-40H2,1-12H3,(H,72,85)(H,73,86)(H,74,94)(H,75,81)(H,76,88)(H,77,90)(H3,69,71,89)/t43-,44+,48-,49-,50-,51+,56-,57-,58-,59+/m0/s1. The van der Waals surface area contributed by atoms with Crippen LogP contribution in [-0.2, 0) is 65.6 Å². The van der Waals surface area contributed by atoms with E-state index in [-0.39, 0.29) is 98.8 Å². The molecule has 522 valence electrons.